The summed E-state index contributed by atoms with van der Waals surface area (Å²) in [6.45, 7) is 7.38. The van der Waals surface area contributed by atoms with Gasteiger partial charge in [-0.2, -0.15) is 0 Å². The van der Waals surface area contributed by atoms with Gasteiger partial charge in [-0.05, 0) is 42.5 Å². The normalized spacial score (nSPS) is 13.4. The minimum atomic E-state index is -0.579. The maximum Gasteiger partial charge on any atom is 0.126 e. The summed E-state index contributed by atoms with van der Waals surface area (Å²) in [7, 11) is 0. The topological polar surface area (TPSA) is 20.2 Å². The van der Waals surface area contributed by atoms with Gasteiger partial charge >= 0.3 is 0 Å². The first-order chi connectivity index (χ1) is 6.43. The fourth-order valence-corrected chi connectivity index (χ4v) is 1.51. The van der Waals surface area contributed by atoms with Crippen molar-refractivity contribution >= 4 is 0 Å². The van der Waals surface area contributed by atoms with Crippen molar-refractivity contribution in [1.29, 1.82) is 0 Å². The van der Waals surface area contributed by atoms with Crippen LogP contribution in [0.3, 0.4) is 0 Å². The molecule has 0 aromatic heterocycles. The van der Waals surface area contributed by atoms with E-state index in [1.165, 1.54) is 6.07 Å². The van der Waals surface area contributed by atoms with Gasteiger partial charge in [-0.25, -0.2) is 4.39 Å². The predicted octanol–water partition coefficient (Wildman–Crippen LogP) is 3.13. The van der Waals surface area contributed by atoms with Crippen LogP contribution in [0.25, 0.3) is 0 Å². The summed E-state index contributed by atoms with van der Waals surface area (Å²) in [5.74, 6) is -0.130. The molecular formula is C12H17FO. The van der Waals surface area contributed by atoms with E-state index < -0.39 is 6.10 Å². The second-order valence-corrected chi connectivity index (χ2v) is 4.15. The summed E-state index contributed by atoms with van der Waals surface area (Å²) in [6.07, 6.45) is -0.579. The lowest BCUT2D eigenvalue weighted by Gasteiger charge is -2.18. The Morgan fingerprint density at radius 1 is 1.21 bits per heavy atom. The van der Waals surface area contributed by atoms with Gasteiger partial charge in [-0.15, -0.1) is 0 Å². The van der Waals surface area contributed by atoms with Crippen molar-refractivity contribution in [3.05, 3.63) is 34.6 Å². The van der Waals surface area contributed by atoms with E-state index in [4.69, 9.17) is 0 Å². The first-order valence-corrected chi connectivity index (χ1v) is 4.88. The highest BCUT2D eigenvalue weighted by Crippen LogP contribution is 2.26. The molecule has 1 atom stereocenters. The molecule has 0 saturated heterocycles. The van der Waals surface area contributed by atoms with Crippen molar-refractivity contribution in [3.63, 3.8) is 0 Å². The molecule has 0 aliphatic rings. The Hall–Kier alpha value is -0.890. The number of rotatable bonds is 2. The highest BCUT2D eigenvalue weighted by molar-refractivity contribution is 5.33. The third-order valence-electron chi connectivity index (χ3n) is 2.48. The smallest absolute Gasteiger partial charge is 0.126 e. The summed E-state index contributed by atoms with van der Waals surface area (Å²) in [5, 5.41) is 9.86. The van der Waals surface area contributed by atoms with Gasteiger partial charge in [0.2, 0.25) is 0 Å². The van der Waals surface area contributed by atoms with Gasteiger partial charge in [-0.1, -0.05) is 19.9 Å². The highest BCUT2D eigenvalue weighted by Gasteiger charge is 2.16. The fourth-order valence-electron chi connectivity index (χ4n) is 1.51. The molecule has 2 heteroatoms. The van der Waals surface area contributed by atoms with Gasteiger partial charge in [0.05, 0.1) is 6.10 Å². The van der Waals surface area contributed by atoms with E-state index in [1.54, 1.807) is 6.92 Å². The number of aliphatic hydroxyl groups is 1. The quantitative estimate of drug-likeness (QED) is 0.770. The van der Waals surface area contributed by atoms with Crippen LogP contribution in [0.5, 0.6) is 0 Å². The molecule has 1 nitrogen and oxygen atoms in total. The first-order valence-electron chi connectivity index (χ1n) is 4.88. The number of halogens is 1. The Labute approximate surface area is 84.6 Å². The molecule has 0 saturated carbocycles. The maximum absolute atomic E-state index is 13.4. The number of aliphatic hydroxyl groups excluding tert-OH is 1. The Balaban J connectivity index is 3.20. The molecule has 1 unspecified atom stereocenters. The van der Waals surface area contributed by atoms with Crippen LogP contribution >= 0.6 is 0 Å². The molecule has 1 rings (SSSR count). The minimum absolute atomic E-state index is 0.106. The van der Waals surface area contributed by atoms with Crippen molar-refractivity contribution < 1.29 is 9.50 Å². The lowest BCUT2D eigenvalue weighted by molar-refractivity contribution is 0.126. The van der Waals surface area contributed by atoms with E-state index in [0.29, 0.717) is 11.1 Å². The zero-order chi connectivity index (χ0) is 10.9. The number of hydrogen-bond acceptors (Lipinski definition) is 1. The molecule has 78 valence electrons. The molecule has 1 aromatic carbocycles. The number of aryl methyl sites for hydroxylation is 1. The molecule has 0 aliphatic carbocycles. The predicted molar refractivity (Wildman–Crippen MR) is 55.7 cm³/mol. The lowest BCUT2D eigenvalue weighted by Crippen LogP contribution is -2.08. The van der Waals surface area contributed by atoms with Crippen molar-refractivity contribution in [1.82, 2.24) is 0 Å². The standard InChI is InChI=1S/C12H17FO/c1-7(2)12(14)10-5-8(3)6-11(13)9(10)4/h5-7,12,14H,1-4H3. The molecule has 0 fully saturated rings. The second kappa shape index (κ2) is 4.09. The molecule has 1 N–H and O–H groups in total. The van der Waals surface area contributed by atoms with E-state index in [1.807, 2.05) is 26.8 Å². The van der Waals surface area contributed by atoms with E-state index in [-0.39, 0.29) is 11.7 Å². The molecule has 0 bridgehead atoms. The third kappa shape index (κ3) is 2.13. The van der Waals surface area contributed by atoms with Crippen LogP contribution in [-0.4, -0.2) is 5.11 Å². The summed E-state index contributed by atoms with van der Waals surface area (Å²) in [5.41, 5.74) is 2.11. The SMILES string of the molecule is Cc1cc(F)c(C)c(C(O)C(C)C)c1. The molecule has 0 amide bonds. The van der Waals surface area contributed by atoms with Crippen LogP contribution in [0.1, 0.15) is 36.6 Å². The average molecular weight is 196 g/mol. The summed E-state index contributed by atoms with van der Waals surface area (Å²) in [6, 6.07) is 3.34. The van der Waals surface area contributed by atoms with Crippen molar-refractivity contribution in [2.75, 3.05) is 0 Å². The van der Waals surface area contributed by atoms with Crippen LogP contribution in [0.4, 0.5) is 4.39 Å². The van der Waals surface area contributed by atoms with Crippen molar-refractivity contribution in [3.8, 4) is 0 Å². The highest BCUT2D eigenvalue weighted by atomic mass is 19.1. The molecule has 0 spiro atoms. The van der Waals surface area contributed by atoms with E-state index in [2.05, 4.69) is 0 Å². The first kappa shape index (κ1) is 11.2. The maximum atomic E-state index is 13.4. The number of hydrogen-bond donors (Lipinski definition) is 1. The van der Waals surface area contributed by atoms with Crippen LogP contribution in [0.2, 0.25) is 0 Å². The molecule has 1 aromatic rings. The van der Waals surface area contributed by atoms with Crippen LogP contribution in [0.15, 0.2) is 12.1 Å². The lowest BCUT2D eigenvalue weighted by atomic mass is 9.93. The van der Waals surface area contributed by atoms with Gasteiger partial charge in [0.15, 0.2) is 0 Å². The molecule has 0 heterocycles. The van der Waals surface area contributed by atoms with E-state index in [9.17, 15) is 9.50 Å². The van der Waals surface area contributed by atoms with Crippen molar-refractivity contribution in [2.24, 2.45) is 5.92 Å². The van der Waals surface area contributed by atoms with E-state index >= 15 is 0 Å². The molecular weight excluding hydrogens is 179 g/mol. The summed E-state index contributed by atoms with van der Waals surface area (Å²) < 4.78 is 13.4. The largest absolute Gasteiger partial charge is 0.388 e. The Morgan fingerprint density at radius 2 is 1.79 bits per heavy atom. The van der Waals surface area contributed by atoms with Gasteiger partial charge in [0.25, 0.3) is 0 Å². The van der Waals surface area contributed by atoms with E-state index in [0.717, 1.165) is 5.56 Å². The van der Waals surface area contributed by atoms with Gasteiger partial charge in [0.1, 0.15) is 5.82 Å². The number of benzene rings is 1. The summed E-state index contributed by atoms with van der Waals surface area (Å²) >= 11 is 0. The molecule has 14 heavy (non-hydrogen) atoms. The van der Waals surface area contributed by atoms with Gasteiger partial charge < -0.3 is 5.11 Å². The second-order valence-electron chi connectivity index (χ2n) is 4.15. The monoisotopic (exact) mass is 196 g/mol. The van der Waals surface area contributed by atoms with Crippen molar-refractivity contribution in [2.45, 2.75) is 33.8 Å². The Morgan fingerprint density at radius 3 is 2.29 bits per heavy atom. The average Bonchev–Trinajstić information content (AvgIpc) is 2.09. The van der Waals surface area contributed by atoms with Gasteiger partial charge in [-0.3, -0.25) is 0 Å². The zero-order valence-electron chi connectivity index (χ0n) is 9.13. The van der Waals surface area contributed by atoms with Crippen LogP contribution in [-0.2, 0) is 0 Å². The van der Waals surface area contributed by atoms with Gasteiger partial charge in [0, 0.05) is 0 Å². The Bertz CT molecular complexity index is 331. The zero-order valence-corrected chi connectivity index (χ0v) is 9.13. The van der Waals surface area contributed by atoms with Crippen LogP contribution < -0.4 is 0 Å². The minimum Gasteiger partial charge on any atom is -0.388 e. The Kier molecular flexibility index (Phi) is 3.27. The fraction of sp³-hybridized carbons (Fsp3) is 0.500. The summed E-state index contributed by atoms with van der Waals surface area (Å²) in [4.78, 5) is 0. The molecule has 0 radical (unpaired) electrons. The molecule has 0 aliphatic heterocycles. The van der Waals surface area contributed by atoms with Crippen LogP contribution in [0, 0.1) is 25.6 Å². The third-order valence-corrected chi connectivity index (χ3v) is 2.48.